The van der Waals surface area contributed by atoms with E-state index in [0.717, 1.165) is 0 Å². The fourth-order valence-corrected chi connectivity index (χ4v) is 3.52. The Hall–Kier alpha value is -4.15. The molecular weight excluding hydrogens is 432 g/mol. The van der Waals surface area contributed by atoms with Crippen molar-refractivity contribution in [1.82, 2.24) is 0 Å². The number of rotatable bonds is 10. The average Bonchev–Trinajstić information content (AvgIpc) is 2.89. The quantitative estimate of drug-likeness (QED) is 0.464. The maximum atomic E-state index is 13.1. The van der Waals surface area contributed by atoms with E-state index in [1.165, 1.54) is 4.90 Å². The van der Waals surface area contributed by atoms with E-state index in [0.29, 0.717) is 29.2 Å². The second kappa shape index (κ2) is 11.6. The molecule has 3 aromatic rings. The van der Waals surface area contributed by atoms with Crippen molar-refractivity contribution in [1.29, 1.82) is 5.26 Å². The molecule has 3 rings (SSSR count). The lowest BCUT2D eigenvalue weighted by atomic mass is 9.86. The molecular formula is C27H26N2O5. The van der Waals surface area contributed by atoms with Gasteiger partial charge in [0, 0.05) is 12.2 Å². The normalized spacial score (nSPS) is 10.7. The molecule has 34 heavy (non-hydrogen) atoms. The Morgan fingerprint density at radius 3 is 2.00 bits per heavy atom. The van der Waals surface area contributed by atoms with Crippen molar-refractivity contribution in [2.45, 2.75) is 18.9 Å². The number of hydrogen-bond donors (Lipinski definition) is 1. The van der Waals surface area contributed by atoms with Crippen molar-refractivity contribution < 1.29 is 24.2 Å². The summed E-state index contributed by atoms with van der Waals surface area (Å²) in [6.45, 7) is 1.91. The first kappa shape index (κ1) is 24.5. The second-order valence-corrected chi connectivity index (χ2v) is 7.40. The number of amides is 1. The van der Waals surface area contributed by atoms with E-state index in [2.05, 4.69) is 0 Å². The third-order valence-corrected chi connectivity index (χ3v) is 5.21. The molecule has 0 aliphatic heterocycles. The Balaban J connectivity index is 1.80. The Morgan fingerprint density at radius 1 is 0.941 bits per heavy atom. The van der Waals surface area contributed by atoms with Gasteiger partial charge in [-0.15, -0.1) is 0 Å². The zero-order chi connectivity index (χ0) is 24.4. The van der Waals surface area contributed by atoms with Crippen molar-refractivity contribution in [2.24, 2.45) is 0 Å². The lowest BCUT2D eigenvalue weighted by Gasteiger charge is -2.28. The minimum absolute atomic E-state index is 0.102. The van der Waals surface area contributed by atoms with Crippen LogP contribution in [0.2, 0.25) is 0 Å². The molecule has 0 fully saturated rings. The zero-order valence-corrected chi connectivity index (χ0v) is 18.9. The van der Waals surface area contributed by atoms with Gasteiger partial charge in [-0.25, -0.2) is 4.79 Å². The lowest BCUT2D eigenvalue weighted by Crippen LogP contribution is -2.41. The molecule has 0 atom stereocenters. The Bertz CT molecular complexity index is 1090. The van der Waals surface area contributed by atoms with Crippen LogP contribution in [0.4, 0.5) is 5.69 Å². The number of nitrogens with zero attached hydrogens (tertiary/aromatic N) is 2. The van der Waals surface area contributed by atoms with Crippen LogP contribution in [0, 0.1) is 11.3 Å². The summed E-state index contributed by atoms with van der Waals surface area (Å²) in [6.07, 6.45) is 0.102. The molecule has 0 heterocycles. The summed E-state index contributed by atoms with van der Waals surface area (Å²) in [4.78, 5) is 27.5. The topological polar surface area (TPSA) is 99.9 Å². The Labute approximate surface area is 198 Å². The summed E-state index contributed by atoms with van der Waals surface area (Å²) in [5.74, 6) is -0.831. The maximum absolute atomic E-state index is 13.1. The van der Waals surface area contributed by atoms with Gasteiger partial charge in [0.2, 0.25) is 5.60 Å². The van der Waals surface area contributed by atoms with E-state index in [9.17, 15) is 14.7 Å². The standard InChI is InChI=1S/C27H26N2O5/c1-2-33-24-16-14-23(15-17-24)29(19-9-18-28)25(30)20-34-26(31)27(32,21-10-5-3-6-11-21)22-12-7-4-8-13-22/h3-8,10-17,32H,2,9,19-20H2,1H3. The van der Waals surface area contributed by atoms with Crippen LogP contribution in [0.3, 0.4) is 0 Å². The molecule has 0 aliphatic carbocycles. The monoisotopic (exact) mass is 458 g/mol. The highest BCUT2D eigenvalue weighted by molar-refractivity contribution is 5.96. The van der Waals surface area contributed by atoms with Crippen LogP contribution in [-0.2, 0) is 19.9 Å². The molecule has 174 valence electrons. The van der Waals surface area contributed by atoms with Gasteiger partial charge in [-0.3, -0.25) is 4.79 Å². The number of carbonyl (C=O) groups excluding carboxylic acids is 2. The number of benzene rings is 3. The number of ether oxygens (including phenoxy) is 2. The van der Waals surface area contributed by atoms with Crippen LogP contribution in [0.1, 0.15) is 24.5 Å². The van der Waals surface area contributed by atoms with Gasteiger partial charge >= 0.3 is 5.97 Å². The molecule has 0 aliphatic rings. The number of hydrogen-bond acceptors (Lipinski definition) is 6. The number of aliphatic hydroxyl groups is 1. The van der Waals surface area contributed by atoms with Gasteiger partial charge in [0.25, 0.3) is 5.91 Å². The van der Waals surface area contributed by atoms with Gasteiger partial charge in [-0.2, -0.15) is 5.26 Å². The van der Waals surface area contributed by atoms with Gasteiger partial charge in [0.15, 0.2) is 6.61 Å². The molecule has 0 radical (unpaired) electrons. The van der Waals surface area contributed by atoms with Gasteiger partial charge in [-0.1, -0.05) is 60.7 Å². The van der Waals surface area contributed by atoms with Gasteiger partial charge in [0.05, 0.1) is 19.1 Å². The van der Waals surface area contributed by atoms with E-state index in [1.54, 1.807) is 84.9 Å². The minimum Gasteiger partial charge on any atom is -0.494 e. The number of carbonyl (C=O) groups is 2. The van der Waals surface area contributed by atoms with Crippen molar-refractivity contribution in [3.05, 3.63) is 96.1 Å². The molecule has 1 N–H and O–H groups in total. The molecule has 1 amide bonds. The van der Waals surface area contributed by atoms with E-state index in [-0.39, 0.29) is 13.0 Å². The smallest absolute Gasteiger partial charge is 0.348 e. The van der Waals surface area contributed by atoms with Gasteiger partial charge < -0.3 is 19.5 Å². The fourth-order valence-electron chi connectivity index (χ4n) is 3.52. The summed E-state index contributed by atoms with van der Waals surface area (Å²) in [7, 11) is 0. The summed E-state index contributed by atoms with van der Waals surface area (Å²) in [5, 5.41) is 20.5. The predicted octanol–water partition coefficient (Wildman–Crippen LogP) is 3.81. The van der Waals surface area contributed by atoms with Crippen LogP contribution in [0.15, 0.2) is 84.9 Å². The fraction of sp³-hybridized carbons (Fsp3) is 0.222. The first-order chi connectivity index (χ1) is 16.5. The molecule has 0 saturated heterocycles. The predicted molar refractivity (Wildman–Crippen MR) is 127 cm³/mol. The maximum Gasteiger partial charge on any atom is 0.348 e. The lowest BCUT2D eigenvalue weighted by molar-refractivity contribution is -0.164. The van der Waals surface area contributed by atoms with Crippen LogP contribution >= 0.6 is 0 Å². The minimum atomic E-state index is -2.08. The average molecular weight is 459 g/mol. The third-order valence-electron chi connectivity index (χ3n) is 5.21. The van der Waals surface area contributed by atoms with Gasteiger partial charge in [-0.05, 0) is 42.3 Å². The number of esters is 1. The molecule has 0 spiro atoms. The van der Waals surface area contributed by atoms with Crippen molar-refractivity contribution in [3.8, 4) is 11.8 Å². The van der Waals surface area contributed by atoms with E-state index >= 15 is 0 Å². The summed E-state index contributed by atoms with van der Waals surface area (Å²) in [6, 6.07) is 25.7. The highest BCUT2D eigenvalue weighted by Gasteiger charge is 2.42. The molecule has 7 nitrogen and oxygen atoms in total. The van der Waals surface area contributed by atoms with Gasteiger partial charge in [0.1, 0.15) is 5.75 Å². The second-order valence-electron chi connectivity index (χ2n) is 7.40. The molecule has 0 unspecified atom stereocenters. The molecule has 3 aromatic carbocycles. The first-order valence-electron chi connectivity index (χ1n) is 10.9. The summed E-state index contributed by atoms with van der Waals surface area (Å²) < 4.78 is 10.8. The van der Waals surface area contributed by atoms with E-state index < -0.39 is 24.1 Å². The van der Waals surface area contributed by atoms with E-state index in [4.69, 9.17) is 14.7 Å². The highest BCUT2D eigenvalue weighted by atomic mass is 16.6. The molecule has 0 saturated carbocycles. The van der Waals surface area contributed by atoms with Crippen molar-refractivity contribution in [3.63, 3.8) is 0 Å². The third kappa shape index (κ3) is 5.61. The van der Waals surface area contributed by atoms with Crippen LogP contribution in [-0.4, -0.2) is 36.7 Å². The van der Waals surface area contributed by atoms with Crippen LogP contribution < -0.4 is 9.64 Å². The van der Waals surface area contributed by atoms with Crippen molar-refractivity contribution >= 4 is 17.6 Å². The van der Waals surface area contributed by atoms with Crippen LogP contribution in [0.25, 0.3) is 0 Å². The largest absolute Gasteiger partial charge is 0.494 e. The Kier molecular flexibility index (Phi) is 8.38. The molecule has 7 heteroatoms. The summed E-state index contributed by atoms with van der Waals surface area (Å²) in [5.41, 5.74) is -0.890. The zero-order valence-electron chi connectivity index (χ0n) is 18.9. The van der Waals surface area contributed by atoms with Crippen LogP contribution in [0.5, 0.6) is 5.75 Å². The highest BCUT2D eigenvalue weighted by Crippen LogP contribution is 2.31. The molecule has 0 bridgehead atoms. The first-order valence-corrected chi connectivity index (χ1v) is 10.9. The molecule has 0 aromatic heterocycles. The van der Waals surface area contributed by atoms with E-state index in [1.807, 2.05) is 13.0 Å². The number of nitriles is 1. The summed E-state index contributed by atoms with van der Waals surface area (Å²) >= 11 is 0. The Morgan fingerprint density at radius 2 is 1.50 bits per heavy atom. The SMILES string of the molecule is CCOc1ccc(N(CCC#N)C(=O)COC(=O)C(O)(c2ccccc2)c2ccccc2)cc1. The van der Waals surface area contributed by atoms with Crippen molar-refractivity contribution in [2.75, 3.05) is 24.7 Å². The number of anilines is 1.